The number of fused-ring (bicyclic) bond motifs is 1. The van der Waals surface area contributed by atoms with Gasteiger partial charge in [0.15, 0.2) is 5.78 Å². The highest BCUT2D eigenvalue weighted by Gasteiger charge is 2.46. The maximum absolute atomic E-state index is 13.4. The minimum atomic E-state index is -1.00. The third-order valence-corrected chi connectivity index (χ3v) is 6.71. The number of Topliss-reactive ketones (excluding diaryl/α,β-unsaturated/α-hetero) is 1. The summed E-state index contributed by atoms with van der Waals surface area (Å²) in [4.78, 5) is 53.6. The number of H-pyrrole nitrogens is 1. The van der Waals surface area contributed by atoms with Crippen molar-refractivity contribution in [1.82, 2.24) is 20.9 Å². The molecule has 4 rings (SSSR count). The van der Waals surface area contributed by atoms with E-state index in [-0.39, 0.29) is 25.2 Å². The zero-order valence-corrected chi connectivity index (χ0v) is 20.7. The fraction of sp³-hybridized carbons (Fsp3) is 0.321. The first-order valence-corrected chi connectivity index (χ1v) is 12.3. The molecule has 1 fully saturated rings. The van der Waals surface area contributed by atoms with Crippen LogP contribution in [0.1, 0.15) is 43.7 Å². The smallest absolute Gasteiger partial charge is 0.243 e. The third-order valence-electron chi connectivity index (χ3n) is 6.71. The lowest BCUT2D eigenvalue weighted by molar-refractivity contribution is -0.132. The van der Waals surface area contributed by atoms with Crippen LogP contribution >= 0.6 is 0 Å². The molecular formula is C28H31N5O4. The van der Waals surface area contributed by atoms with Crippen molar-refractivity contribution in [1.29, 1.82) is 5.41 Å². The molecule has 9 heteroatoms. The lowest BCUT2D eigenvalue weighted by Gasteiger charge is -2.25. The van der Waals surface area contributed by atoms with Gasteiger partial charge in [-0.1, -0.05) is 48.5 Å². The lowest BCUT2D eigenvalue weighted by atomic mass is 10.0. The third kappa shape index (κ3) is 6.30. The second-order valence-electron chi connectivity index (χ2n) is 9.46. The van der Waals surface area contributed by atoms with Crippen LogP contribution in [-0.2, 0) is 31.1 Å². The normalized spacial score (nSPS) is 15.3. The van der Waals surface area contributed by atoms with Gasteiger partial charge in [-0.05, 0) is 36.5 Å². The maximum atomic E-state index is 13.4. The van der Waals surface area contributed by atoms with Crippen LogP contribution in [0.3, 0.4) is 0 Å². The first-order chi connectivity index (χ1) is 17.8. The van der Waals surface area contributed by atoms with Crippen molar-refractivity contribution in [3.63, 3.8) is 0 Å². The van der Waals surface area contributed by atoms with E-state index >= 15 is 0 Å². The molecule has 1 aliphatic carbocycles. The molecule has 9 nitrogen and oxygen atoms in total. The SMILES string of the molecule is CC(=O)N[C@@H](Cc1c[nH]c2ccccc12)C(=O)N[C@@H](CCC(=O)C=N)C(=O)NC1(c2ccccc2)CC1. The predicted molar refractivity (Wildman–Crippen MR) is 140 cm³/mol. The Labute approximate surface area is 214 Å². The van der Waals surface area contributed by atoms with Gasteiger partial charge in [0.1, 0.15) is 12.1 Å². The number of carbonyl (C=O) groups excluding carboxylic acids is 4. The van der Waals surface area contributed by atoms with Gasteiger partial charge in [-0.3, -0.25) is 19.2 Å². The molecule has 1 aliphatic rings. The van der Waals surface area contributed by atoms with Crippen LogP contribution in [0.2, 0.25) is 0 Å². The van der Waals surface area contributed by atoms with E-state index in [1.54, 1.807) is 6.20 Å². The van der Waals surface area contributed by atoms with Crippen LogP contribution < -0.4 is 16.0 Å². The first kappa shape index (κ1) is 25.8. The molecular weight excluding hydrogens is 470 g/mol. The van der Waals surface area contributed by atoms with Crippen molar-refractivity contribution in [2.24, 2.45) is 0 Å². The molecule has 0 unspecified atom stereocenters. The van der Waals surface area contributed by atoms with Gasteiger partial charge >= 0.3 is 0 Å². The number of aromatic amines is 1. The molecule has 1 saturated carbocycles. The minimum absolute atomic E-state index is 0.0382. The summed E-state index contributed by atoms with van der Waals surface area (Å²) in [5, 5.41) is 16.6. The summed E-state index contributed by atoms with van der Waals surface area (Å²) in [5.41, 5.74) is 2.26. The van der Waals surface area contributed by atoms with E-state index in [4.69, 9.17) is 5.41 Å². The quantitative estimate of drug-likeness (QED) is 0.243. The average Bonchev–Trinajstić information content (AvgIpc) is 3.57. The fourth-order valence-corrected chi connectivity index (χ4v) is 4.57. The number of amides is 3. The van der Waals surface area contributed by atoms with Crippen LogP contribution in [-0.4, -0.2) is 46.8 Å². The minimum Gasteiger partial charge on any atom is -0.361 e. The Kier molecular flexibility index (Phi) is 7.81. The summed E-state index contributed by atoms with van der Waals surface area (Å²) in [6, 6.07) is 15.4. The van der Waals surface area contributed by atoms with E-state index in [0.717, 1.165) is 34.9 Å². The molecule has 0 spiro atoms. The molecule has 1 aromatic heterocycles. The molecule has 1 heterocycles. The monoisotopic (exact) mass is 501 g/mol. The van der Waals surface area contributed by atoms with Crippen molar-refractivity contribution < 1.29 is 19.2 Å². The summed E-state index contributed by atoms with van der Waals surface area (Å²) in [5.74, 6) is -1.73. The number of rotatable bonds is 12. The molecule has 37 heavy (non-hydrogen) atoms. The van der Waals surface area contributed by atoms with E-state index in [2.05, 4.69) is 20.9 Å². The largest absolute Gasteiger partial charge is 0.361 e. The summed E-state index contributed by atoms with van der Waals surface area (Å²) >= 11 is 0. The topological polar surface area (TPSA) is 144 Å². The first-order valence-electron chi connectivity index (χ1n) is 12.3. The second kappa shape index (κ2) is 11.2. The van der Waals surface area contributed by atoms with E-state index in [1.165, 1.54) is 6.92 Å². The molecule has 2 aromatic carbocycles. The Bertz CT molecular complexity index is 1310. The number of nitrogens with one attached hydrogen (secondary N) is 5. The van der Waals surface area contributed by atoms with Gasteiger partial charge in [-0.2, -0.15) is 0 Å². The number of aromatic nitrogens is 1. The zero-order valence-electron chi connectivity index (χ0n) is 20.7. The lowest BCUT2D eigenvalue weighted by Crippen LogP contribution is -2.55. The van der Waals surface area contributed by atoms with Gasteiger partial charge in [-0.25, -0.2) is 0 Å². The van der Waals surface area contributed by atoms with Gasteiger partial charge in [-0.15, -0.1) is 0 Å². The number of para-hydroxylation sites is 1. The van der Waals surface area contributed by atoms with Gasteiger partial charge in [0.2, 0.25) is 17.7 Å². The Morgan fingerprint density at radius 3 is 2.35 bits per heavy atom. The number of ketones is 1. The highest BCUT2D eigenvalue weighted by atomic mass is 16.2. The van der Waals surface area contributed by atoms with Crippen LogP contribution in [0.25, 0.3) is 10.9 Å². The average molecular weight is 502 g/mol. The van der Waals surface area contributed by atoms with Crippen molar-refractivity contribution in [3.05, 3.63) is 71.9 Å². The molecule has 0 bridgehead atoms. The summed E-state index contributed by atoms with van der Waals surface area (Å²) < 4.78 is 0. The van der Waals surface area contributed by atoms with Gasteiger partial charge in [0, 0.05) is 36.9 Å². The van der Waals surface area contributed by atoms with Crippen molar-refractivity contribution in [2.45, 2.75) is 56.7 Å². The zero-order chi connectivity index (χ0) is 26.4. The number of hydrogen-bond acceptors (Lipinski definition) is 5. The highest BCUT2D eigenvalue weighted by Crippen LogP contribution is 2.45. The van der Waals surface area contributed by atoms with E-state index in [0.29, 0.717) is 6.21 Å². The Hall–Kier alpha value is -4.27. The van der Waals surface area contributed by atoms with Crippen LogP contribution in [0.15, 0.2) is 60.8 Å². The summed E-state index contributed by atoms with van der Waals surface area (Å²) in [6.45, 7) is 1.33. The second-order valence-corrected chi connectivity index (χ2v) is 9.46. The van der Waals surface area contributed by atoms with E-state index in [9.17, 15) is 19.2 Å². The Balaban J connectivity index is 1.52. The summed E-state index contributed by atoms with van der Waals surface area (Å²) in [7, 11) is 0. The molecule has 3 amide bonds. The predicted octanol–water partition coefficient (Wildman–Crippen LogP) is 2.50. The van der Waals surface area contributed by atoms with Crippen LogP contribution in [0.5, 0.6) is 0 Å². The molecule has 3 aromatic rings. The maximum Gasteiger partial charge on any atom is 0.243 e. The summed E-state index contributed by atoms with van der Waals surface area (Å²) in [6.07, 6.45) is 4.26. The van der Waals surface area contributed by atoms with Crippen molar-refractivity contribution in [3.8, 4) is 0 Å². The van der Waals surface area contributed by atoms with E-state index < -0.39 is 35.2 Å². The highest BCUT2D eigenvalue weighted by molar-refractivity contribution is 6.26. The van der Waals surface area contributed by atoms with Crippen LogP contribution in [0, 0.1) is 5.41 Å². The fourth-order valence-electron chi connectivity index (χ4n) is 4.57. The van der Waals surface area contributed by atoms with Crippen molar-refractivity contribution in [2.75, 3.05) is 0 Å². The molecule has 192 valence electrons. The number of carbonyl (C=O) groups is 4. The van der Waals surface area contributed by atoms with Crippen LogP contribution in [0.4, 0.5) is 0 Å². The van der Waals surface area contributed by atoms with Gasteiger partial charge in [0.25, 0.3) is 0 Å². The van der Waals surface area contributed by atoms with Gasteiger partial charge < -0.3 is 26.3 Å². The Morgan fingerprint density at radius 1 is 0.973 bits per heavy atom. The number of hydrogen-bond donors (Lipinski definition) is 5. The molecule has 0 aliphatic heterocycles. The molecule has 0 radical (unpaired) electrons. The van der Waals surface area contributed by atoms with Gasteiger partial charge in [0.05, 0.1) is 11.8 Å². The van der Waals surface area contributed by atoms with E-state index in [1.807, 2.05) is 54.6 Å². The molecule has 0 saturated heterocycles. The standard InChI is InChI=1S/C28H31N5O4/c1-18(34)31-25(15-19-17-30-23-10-6-5-9-22(19)23)26(36)32-24(12-11-21(35)16-29)27(37)33-28(13-14-28)20-7-3-2-4-8-20/h2-10,16-17,24-25,29-30H,11-15H2,1H3,(H,31,34)(H,32,36)(H,33,37)/t24-,25-/m0/s1. The Morgan fingerprint density at radius 2 is 1.68 bits per heavy atom. The van der Waals surface area contributed by atoms with Crippen molar-refractivity contribution >= 4 is 40.6 Å². The molecule has 5 N–H and O–H groups in total. The number of benzene rings is 2. The molecule has 2 atom stereocenters.